The first-order valence-corrected chi connectivity index (χ1v) is 9.63. The molecule has 1 unspecified atom stereocenters. The maximum Gasteiger partial charge on any atom is 0.220 e. The van der Waals surface area contributed by atoms with Crippen LogP contribution in [-0.2, 0) is 4.79 Å². The van der Waals surface area contributed by atoms with Gasteiger partial charge in [-0.05, 0) is 56.3 Å². The van der Waals surface area contributed by atoms with Crippen molar-refractivity contribution in [3.05, 3.63) is 30.3 Å². The van der Waals surface area contributed by atoms with Crippen LogP contribution in [0.25, 0.3) is 11.4 Å². The zero-order valence-electron chi connectivity index (χ0n) is 15.0. The SMILES string of the molecule is O=C(CC1CCNC1)NC1CCC(n2nnc(-c3ccccc3)n2)CC1. The molecule has 1 aromatic carbocycles. The minimum Gasteiger partial charge on any atom is -0.353 e. The van der Waals surface area contributed by atoms with E-state index in [1.807, 2.05) is 30.3 Å². The maximum absolute atomic E-state index is 12.2. The molecule has 0 bridgehead atoms. The van der Waals surface area contributed by atoms with Crippen LogP contribution >= 0.6 is 0 Å². The van der Waals surface area contributed by atoms with Gasteiger partial charge in [0.25, 0.3) is 0 Å². The number of tetrazole rings is 1. The van der Waals surface area contributed by atoms with Gasteiger partial charge in [-0.25, -0.2) is 0 Å². The van der Waals surface area contributed by atoms with E-state index in [-0.39, 0.29) is 18.0 Å². The maximum atomic E-state index is 12.2. The summed E-state index contributed by atoms with van der Waals surface area (Å²) >= 11 is 0. The molecule has 0 spiro atoms. The molecular weight excluding hydrogens is 328 g/mol. The standard InChI is InChI=1S/C19H26N6O/c26-18(12-14-10-11-20-13-14)21-16-6-8-17(9-7-16)25-23-19(22-24-25)15-4-2-1-3-5-15/h1-5,14,16-17,20H,6-13H2,(H,21,26). The number of rotatable bonds is 5. The van der Waals surface area contributed by atoms with Crippen LogP contribution in [0.3, 0.4) is 0 Å². The average molecular weight is 354 g/mol. The molecule has 26 heavy (non-hydrogen) atoms. The van der Waals surface area contributed by atoms with E-state index in [9.17, 15) is 4.79 Å². The third-order valence-electron chi connectivity index (χ3n) is 5.49. The van der Waals surface area contributed by atoms with Gasteiger partial charge >= 0.3 is 0 Å². The van der Waals surface area contributed by atoms with E-state index in [4.69, 9.17) is 0 Å². The number of aromatic nitrogens is 4. The number of hydrogen-bond donors (Lipinski definition) is 2. The highest BCUT2D eigenvalue weighted by Gasteiger charge is 2.26. The van der Waals surface area contributed by atoms with Gasteiger partial charge in [0.05, 0.1) is 6.04 Å². The molecule has 1 aliphatic carbocycles. The van der Waals surface area contributed by atoms with Gasteiger partial charge in [-0.1, -0.05) is 30.3 Å². The van der Waals surface area contributed by atoms with Crippen LogP contribution in [-0.4, -0.2) is 45.2 Å². The number of carbonyl (C=O) groups excluding carboxylic acids is 1. The Morgan fingerprint density at radius 2 is 1.96 bits per heavy atom. The molecule has 7 nitrogen and oxygen atoms in total. The highest BCUT2D eigenvalue weighted by molar-refractivity contribution is 5.76. The summed E-state index contributed by atoms with van der Waals surface area (Å²) in [4.78, 5) is 14.0. The second-order valence-electron chi connectivity index (χ2n) is 7.44. The molecule has 1 aromatic heterocycles. The molecule has 1 saturated heterocycles. The first kappa shape index (κ1) is 17.1. The topological polar surface area (TPSA) is 84.7 Å². The van der Waals surface area contributed by atoms with Crippen LogP contribution in [0.15, 0.2) is 30.3 Å². The van der Waals surface area contributed by atoms with E-state index in [2.05, 4.69) is 26.0 Å². The number of nitrogens with zero attached hydrogens (tertiary/aromatic N) is 4. The molecule has 2 aromatic rings. The fourth-order valence-corrected chi connectivity index (χ4v) is 3.97. The Bertz CT molecular complexity index is 717. The lowest BCUT2D eigenvalue weighted by atomic mass is 9.91. The van der Waals surface area contributed by atoms with E-state index < -0.39 is 0 Å². The first-order valence-electron chi connectivity index (χ1n) is 9.63. The van der Waals surface area contributed by atoms with Gasteiger partial charge in [0, 0.05) is 18.0 Å². The summed E-state index contributed by atoms with van der Waals surface area (Å²) < 4.78 is 0. The Hall–Kier alpha value is -2.28. The van der Waals surface area contributed by atoms with Crippen LogP contribution < -0.4 is 10.6 Å². The van der Waals surface area contributed by atoms with Crippen molar-refractivity contribution >= 4 is 5.91 Å². The Labute approximate surface area is 153 Å². The fraction of sp³-hybridized carbons (Fsp3) is 0.579. The molecule has 7 heteroatoms. The van der Waals surface area contributed by atoms with Crippen molar-refractivity contribution in [2.45, 2.75) is 50.6 Å². The van der Waals surface area contributed by atoms with E-state index in [1.54, 1.807) is 4.80 Å². The van der Waals surface area contributed by atoms with E-state index in [1.165, 1.54) is 0 Å². The molecule has 1 saturated carbocycles. The Balaban J connectivity index is 1.27. The minimum atomic E-state index is 0.201. The van der Waals surface area contributed by atoms with Gasteiger partial charge in [-0.15, -0.1) is 10.2 Å². The quantitative estimate of drug-likeness (QED) is 0.857. The van der Waals surface area contributed by atoms with Crippen LogP contribution in [0, 0.1) is 5.92 Å². The van der Waals surface area contributed by atoms with Crippen LogP contribution in [0.4, 0.5) is 0 Å². The normalized spacial score (nSPS) is 25.9. The predicted octanol–water partition coefficient (Wildman–Crippen LogP) is 1.94. The van der Waals surface area contributed by atoms with E-state index in [0.717, 1.165) is 50.8 Å². The summed E-state index contributed by atoms with van der Waals surface area (Å²) in [6.07, 6.45) is 5.66. The minimum absolute atomic E-state index is 0.201. The van der Waals surface area contributed by atoms with Crippen molar-refractivity contribution < 1.29 is 4.79 Å². The van der Waals surface area contributed by atoms with Crippen molar-refractivity contribution in [3.8, 4) is 11.4 Å². The molecule has 2 aliphatic rings. The van der Waals surface area contributed by atoms with Crippen LogP contribution in [0.2, 0.25) is 0 Å². The molecule has 138 valence electrons. The molecular formula is C19H26N6O. The summed E-state index contributed by atoms with van der Waals surface area (Å²) in [5.41, 5.74) is 0.987. The van der Waals surface area contributed by atoms with Crippen molar-refractivity contribution in [2.24, 2.45) is 5.92 Å². The number of amides is 1. The van der Waals surface area contributed by atoms with Crippen LogP contribution in [0.5, 0.6) is 0 Å². The predicted molar refractivity (Wildman–Crippen MR) is 98.3 cm³/mol. The summed E-state index contributed by atoms with van der Waals surface area (Å²) in [5.74, 6) is 1.38. The van der Waals surface area contributed by atoms with Gasteiger partial charge in [-0.3, -0.25) is 4.79 Å². The molecule has 2 N–H and O–H groups in total. The number of nitrogens with one attached hydrogen (secondary N) is 2. The largest absolute Gasteiger partial charge is 0.353 e. The average Bonchev–Trinajstić information content (AvgIpc) is 3.35. The smallest absolute Gasteiger partial charge is 0.220 e. The zero-order valence-corrected chi connectivity index (χ0v) is 15.0. The van der Waals surface area contributed by atoms with Gasteiger partial charge in [0.15, 0.2) is 0 Å². The number of hydrogen-bond acceptors (Lipinski definition) is 5. The lowest BCUT2D eigenvalue weighted by Gasteiger charge is -2.28. The van der Waals surface area contributed by atoms with Gasteiger partial charge in [0.2, 0.25) is 11.7 Å². The Kier molecular flexibility index (Phi) is 5.24. The zero-order chi connectivity index (χ0) is 17.8. The van der Waals surface area contributed by atoms with Crippen molar-refractivity contribution in [2.75, 3.05) is 13.1 Å². The third kappa shape index (κ3) is 4.09. The van der Waals surface area contributed by atoms with Crippen LogP contribution in [0.1, 0.15) is 44.6 Å². The molecule has 0 radical (unpaired) electrons. The summed E-state index contributed by atoms with van der Waals surface area (Å²) in [5, 5.41) is 19.5. The molecule has 2 fully saturated rings. The summed E-state index contributed by atoms with van der Waals surface area (Å²) in [6, 6.07) is 10.5. The Morgan fingerprint density at radius 1 is 1.15 bits per heavy atom. The van der Waals surface area contributed by atoms with E-state index >= 15 is 0 Å². The summed E-state index contributed by atoms with van der Waals surface area (Å²) in [7, 11) is 0. The molecule has 2 heterocycles. The fourth-order valence-electron chi connectivity index (χ4n) is 3.97. The monoisotopic (exact) mass is 354 g/mol. The van der Waals surface area contributed by atoms with Gasteiger partial charge in [-0.2, -0.15) is 4.80 Å². The van der Waals surface area contributed by atoms with Gasteiger partial charge < -0.3 is 10.6 Å². The van der Waals surface area contributed by atoms with Crippen molar-refractivity contribution in [3.63, 3.8) is 0 Å². The molecule has 4 rings (SSSR count). The number of carbonyl (C=O) groups is 1. The van der Waals surface area contributed by atoms with Crippen molar-refractivity contribution in [1.82, 2.24) is 30.8 Å². The van der Waals surface area contributed by atoms with Crippen molar-refractivity contribution in [1.29, 1.82) is 0 Å². The van der Waals surface area contributed by atoms with Gasteiger partial charge in [0.1, 0.15) is 0 Å². The lowest BCUT2D eigenvalue weighted by molar-refractivity contribution is -0.122. The first-order chi connectivity index (χ1) is 12.8. The second kappa shape index (κ2) is 7.95. The van der Waals surface area contributed by atoms with E-state index in [0.29, 0.717) is 18.2 Å². The molecule has 1 amide bonds. The lowest BCUT2D eigenvalue weighted by Crippen LogP contribution is -2.39. The second-order valence-corrected chi connectivity index (χ2v) is 7.44. The highest BCUT2D eigenvalue weighted by Crippen LogP contribution is 2.28. The summed E-state index contributed by atoms with van der Waals surface area (Å²) in [6.45, 7) is 2.01. The third-order valence-corrected chi connectivity index (χ3v) is 5.49. The molecule has 1 aliphatic heterocycles. The Morgan fingerprint density at radius 3 is 2.69 bits per heavy atom. The molecule has 1 atom stereocenters. The highest BCUT2D eigenvalue weighted by atomic mass is 16.1. The number of benzene rings is 1.